The molecule has 1 aromatic carbocycles. The number of hydrogen-bond acceptors (Lipinski definition) is 7. The van der Waals surface area contributed by atoms with Crippen molar-refractivity contribution < 1.29 is 27.5 Å². The highest BCUT2D eigenvalue weighted by molar-refractivity contribution is 7.16. The van der Waals surface area contributed by atoms with Crippen LogP contribution in [-0.4, -0.2) is 59.3 Å². The molecule has 1 fully saturated rings. The SMILES string of the molecule is Cc1ccc(N2CCN(C(=O)c3nc(NC(=O)Nc4ccc(OC(F)(F)F)cc4)sc3C)CC2)nc1. The van der Waals surface area contributed by atoms with Gasteiger partial charge in [0, 0.05) is 42.9 Å². The molecule has 190 valence electrons. The molecule has 1 aliphatic heterocycles. The number of aromatic nitrogens is 2. The number of halogens is 3. The lowest BCUT2D eigenvalue weighted by atomic mass is 10.2. The zero-order valence-corrected chi connectivity index (χ0v) is 20.2. The first kappa shape index (κ1) is 25.2. The van der Waals surface area contributed by atoms with Crippen LogP contribution >= 0.6 is 11.3 Å². The Kier molecular flexibility index (Phi) is 7.29. The molecule has 0 atom stereocenters. The maximum Gasteiger partial charge on any atom is 0.573 e. The molecule has 3 amide bonds. The maximum atomic E-state index is 13.0. The lowest BCUT2D eigenvalue weighted by Crippen LogP contribution is -2.49. The van der Waals surface area contributed by atoms with Gasteiger partial charge in [0.05, 0.1) is 0 Å². The van der Waals surface area contributed by atoms with Crippen molar-refractivity contribution in [3.8, 4) is 5.75 Å². The van der Waals surface area contributed by atoms with Gasteiger partial charge in [-0.25, -0.2) is 14.8 Å². The fraction of sp³-hybridized carbons (Fsp3) is 0.304. The van der Waals surface area contributed by atoms with Crippen molar-refractivity contribution in [1.29, 1.82) is 0 Å². The average molecular weight is 521 g/mol. The second-order valence-corrected chi connectivity index (χ2v) is 9.25. The van der Waals surface area contributed by atoms with Gasteiger partial charge in [-0.2, -0.15) is 0 Å². The molecule has 3 heterocycles. The van der Waals surface area contributed by atoms with Crippen LogP contribution in [0.1, 0.15) is 20.9 Å². The van der Waals surface area contributed by atoms with Crippen molar-refractivity contribution in [1.82, 2.24) is 14.9 Å². The van der Waals surface area contributed by atoms with Crippen molar-refractivity contribution in [2.45, 2.75) is 20.2 Å². The van der Waals surface area contributed by atoms with Crippen LogP contribution in [-0.2, 0) is 0 Å². The topological polar surface area (TPSA) is 99.7 Å². The van der Waals surface area contributed by atoms with E-state index in [0.717, 1.165) is 34.9 Å². The predicted molar refractivity (Wildman–Crippen MR) is 130 cm³/mol. The summed E-state index contributed by atoms with van der Waals surface area (Å²) in [6.45, 7) is 6.05. The number of hydrogen-bond donors (Lipinski definition) is 2. The largest absolute Gasteiger partial charge is 0.573 e. The van der Waals surface area contributed by atoms with Gasteiger partial charge >= 0.3 is 12.4 Å². The van der Waals surface area contributed by atoms with E-state index in [1.807, 2.05) is 25.3 Å². The molecule has 0 unspecified atom stereocenters. The molecular formula is C23H23F3N6O3S. The quantitative estimate of drug-likeness (QED) is 0.508. The first-order chi connectivity index (χ1) is 17.1. The third-order valence-electron chi connectivity index (χ3n) is 5.35. The van der Waals surface area contributed by atoms with Crippen molar-refractivity contribution in [2.24, 2.45) is 0 Å². The Morgan fingerprint density at radius 1 is 1.00 bits per heavy atom. The Bertz CT molecular complexity index is 1220. The molecule has 1 saturated heterocycles. The first-order valence-corrected chi connectivity index (χ1v) is 11.8. The molecule has 0 bridgehead atoms. The number of urea groups is 1. The third kappa shape index (κ3) is 6.42. The number of pyridine rings is 1. The minimum absolute atomic E-state index is 0.214. The summed E-state index contributed by atoms with van der Waals surface area (Å²) in [5.41, 5.74) is 1.61. The van der Waals surface area contributed by atoms with Gasteiger partial charge in [-0.3, -0.25) is 10.1 Å². The molecule has 0 radical (unpaired) electrons. The van der Waals surface area contributed by atoms with E-state index < -0.39 is 18.1 Å². The van der Waals surface area contributed by atoms with Crippen LogP contribution in [0.25, 0.3) is 0 Å². The summed E-state index contributed by atoms with van der Waals surface area (Å²) in [6, 6.07) is 8.03. The van der Waals surface area contributed by atoms with Gasteiger partial charge in [0.2, 0.25) is 0 Å². The van der Waals surface area contributed by atoms with Gasteiger partial charge in [-0.05, 0) is 49.7 Å². The number of rotatable bonds is 5. The Balaban J connectivity index is 1.31. The third-order valence-corrected chi connectivity index (χ3v) is 6.24. The lowest BCUT2D eigenvalue weighted by molar-refractivity contribution is -0.274. The summed E-state index contributed by atoms with van der Waals surface area (Å²) in [5, 5.41) is 5.28. The van der Waals surface area contributed by atoms with Crippen molar-refractivity contribution >= 4 is 39.9 Å². The van der Waals surface area contributed by atoms with Crippen molar-refractivity contribution in [3.63, 3.8) is 0 Å². The van der Waals surface area contributed by atoms with Gasteiger partial charge in [-0.1, -0.05) is 6.07 Å². The molecule has 13 heteroatoms. The van der Waals surface area contributed by atoms with E-state index >= 15 is 0 Å². The van der Waals surface area contributed by atoms with Crippen molar-refractivity contribution in [2.75, 3.05) is 41.7 Å². The molecule has 4 rings (SSSR count). The smallest absolute Gasteiger partial charge is 0.406 e. The van der Waals surface area contributed by atoms with Gasteiger partial charge < -0.3 is 19.9 Å². The summed E-state index contributed by atoms with van der Waals surface area (Å²) in [4.78, 5) is 38.6. The number of benzene rings is 1. The van der Waals surface area contributed by atoms with Gasteiger partial charge in [0.1, 0.15) is 17.3 Å². The number of nitrogens with zero attached hydrogens (tertiary/aromatic N) is 4. The number of nitrogens with one attached hydrogen (secondary N) is 2. The summed E-state index contributed by atoms with van der Waals surface area (Å²) in [5.74, 6) is 0.259. The van der Waals surface area contributed by atoms with E-state index in [4.69, 9.17) is 0 Å². The van der Waals surface area contributed by atoms with Gasteiger partial charge in [0.15, 0.2) is 5.13 Å². The van der Waals surface area contributed by atoms with E-state index in [0.29, 0.717) is 31.1 Å². The zero-order chi connectivity index (χ0) is 25.9. The van der Waals surface area contributed by atoms with E-state index in [2.05, 4.69) is 30.2 Å². The Morgan fingerprint density at radius 3 is 2.31 bits per heavy atom. The number of alkyl halides is 3. The number of ether oxygens (including phenoxy) is 1. The number of anilines is 3. The molecule has 36 heavy (non-hydrogen) atoms. The molecule has 0 spiro atoms. The Labute approximate surface area is 208 Å². The second-order valence-electron chi connectivity index (χ2n) is 8.05. The molecule has 1 aliphatic rings. The van der Waals surface area contributed by atoms with Crippen LogP contribution in [0.3, 0.4) is 0 Å². The van der Waals surface area contributed by atoms with Gasteiger partial charge in [0.25, 0.3) is 5.91 Å². The summed E-state index contributed by atoms with van der Waals surface area (Å²) in [7, 11) is 0. The van der Waals surface area contributed by atoms with Gasteiger partial charge in [-0.15, -0.1) is 24.5 Å². The lowest BCUT2D eigenvalue weighted by Gasteiger charge is -2.35. The highest BCUT2D eigenvalue weighted by Crippen LogP contribution is 2.26. The number of carbonyl (C=O) groups excluding carboxylic acids is 2. The van der Waals surface area contributed by atoms with Crippen LogP contribution in [0.4, 0.5) is 34.6 Å². The van der Waals surface area contributed by atoms with E-state index in [1.165, 1.54) is 12.1 Å². The fourth-order valence-corrected chi connectivity index (χ4v) is 4.38. The van der Waals surface area contributed by atoms with E-state index in [1.54, 1.807) is 11.8 Å². The summed E-state index contributed by atoms with van der Waals surface area (Å²) < 4.78 is 40.6. The number of thiazole rings is 1. The van der Waals surface area contributed by atoms with Crippen LogP contribution in [0, 0.1) is 13.8 Å². The monoisotopic (exact) mass is 520 g/mol. The normalized spacial score (nSPS) is 13.9. The van der Waals surface area contributed by atoms with E-state index in [9.17, 15) is 22.8 Å². The predicted octanol–water partition coefficient (Wildman–Crippen LogP) is 4.66. The molecule has 2 N–H and O–H groups in total. The molecular weight excluding hydrogens is 497 g/mol. The Hall–Kier alpha value is -3.87. The molecule has 2 aromatic heterocycles. The second kappa shape index (κ2) is 10.4. The Morgan fingerprint density at radius 2 is 1.69 bits per heavy atom. The molecule has 0 saturated carbocycles. The number of carbonyl (C=O) groups is 2. The molecule has 3 aromatic rings. The highest BCUT2D eigenvalue weighted by Gasteiger charge is 2.31. The standard InChI is InChI=1S/C23H23F3N6O3S/c1-14-3-8-18(27-13-14)31-9-11-32(12-10-31)20(33)19-15(2)36-22(29-19)30-21(34)28-16-4-6-17(7-5-16)35-23(24,25)26/h3-8,13H,9-12H2,1-2H3,(H2,28,29,30,34). The highest BCUT2D eigenvalue weighted by atomic mass is 32.1. The molecule has 9 nitrogen and oxygen atoms in total. The van der Waals surface area contributed by atoms with Crippen LogP contribution in [0.15, 0.2) is 42.6 Å². The average Bonchev–Trinajstić information content (AvgIpc) is 3.19. The summed E-state index contributed by atoms with van der Waals surface area (Å²) >= 11 is 1.16. The zero-order valence-electron chi connectivity index (χ0n) is 19.4. The van der Waals surface area contributed by atoms with Crippen molar-refractivity contribution in [3.05, 3.63) is 58.7 Å². The number of aryl methyl sites for hydroxylation is 2. The van der Waals surface area contributed by atoms with Crippen LogP contribution < -0.4 is 20.3 Å². The number of piperazine rings is 1. The summed E-state index contributed by atoms with van der Waals surface area (Å²) in [6.07, 6.45) is -2.98. The minimum atomic E-state index is -4.80. The van der Waals surface area contributed by atoms with Crippen LogP contribution in [0.2, 0.25) is 0 Å². The first-order valence-electron chi connectivity index (χ1n) is 11.0. The fourth-order valence-electron chi connectivity index (χ4n) is 3.58. The number of amides is 3. The minimum Gasteiger partial charge on any atom is -0.406 e. The maximum absolute atomic E-state index is 13.0. The molecule has 0 aliphatic carbocycles. The van der Waals surface area contributed by atoms with Crippen LogP contribution in [0.5, 0.6) is 5.75 Å². The van der Waals surface area contributed by atoms with E-state index in [-0.39, 0.29) is 22.4 Å².